The molecule has 3 aromatic rings. The van der Waals surface area contributed by atoms with E-state index in [0.29, 0.717) is 11.1 Å². The molecule has 30 heavy (non-hydrogen) atoms. The first-order chi connectivity index (χ1) is 14.1. The summed E-state index contributed by atoms with van der Waals surface area (Å²) >= 11 is 0. The van der Waals surface area contributed by atoms with Crippen LogP contribution in [-0.2, 0) is 5.41 Å². The molecule has 0 saturated heterocycles. The van der Waals surface area contributed by atoms with Crippen molar-refractivity contribution in [2.24, 2.45) is 0 Å². The van der Waals surface area contributed by atoms with Crippen molar-refractivity contribution in [3.05, 3.63) is 76.6 Å². The minimum atomic E-state index is -0.439. The lowest BCUT2D eigenvalue weighted by Crippen LogP contribution is -2.27. The highest BCUT2D eigenvalue weighted by molar-refractivity contribution is 5.98. The van der Waals surface area contributed by atoms with E-state index in [1.54, 1.807) is 13.0 Å². The van der Waals surface area contributed by atoms with Crippen molar-refractivity contribution >= 4 is 22.4 Å². The highest BCUT2D eigenvalue weighted by Gasteiger charge is 2.18. The second-order valence-corrected chi connectivity index (χ2v) is 8.94. The highest BCUT2D eigenvalue weighted by Crippen LogP contribution is 2.27. The molecule has 3 rings (SSSR count). The fraction of sp³-hybridized carbons (Fsp3) is 0.346. The average Bonchev–Trinajstić information content (AvgIpc) is 2.69. The van der Waals surface area contributed by atoms with Gasteiger partial charge in [0, 0.05) is 23.4 Å². The molecule has 0 fully saturated rings. The molecule has 3 nitrogen and oxygen atoms in total. The molecule has 0 radical (unpaired) electrons. The van der Waals surface area contributed by atoms with Crippen molar-refractivity contribution in [2.45, 2.75) is 53.0 Å². The molecule has 2 N–H and O–H groups in total. The normalized spacial score (nSPS) is 12.6. The standard InChI is InChI=1S/C26H31FN2O/c1-7-28-24-15-23(27)22(12-16(24)2)17(3)29-25(30)20-9-8-19-14-21(26(4,5)6)11-10-18(19)13-20/h8-15,17,28H,7H2,1-6H3,(H,29,30)/t17-/m1/s1. The molecule has 0 aromatic heterocycles. The van der Waals surface area contributed by atoms with Crippen molar-refractivity contribution in [3.63, 3.8) is 0 Å². The van der Waals surface area contributed by atoms with Crippen LogP contribution >= 0.6 is 0 Å². The Bertz CT molecular complexity index is 1080. The third-order valence-corrected chi connectivity index (χ3v) is 5.49. The van der Waals surface area contributed by atoms with Gasteiger partial charge >= 0.3 is 0 Å². The van der Waals surface area contributed by atoms with Crippen LogP contribution in [0, 0.1) is 12.7 Å². The van der Waals surface area contributed by atoms with Crippen LogP contribution in [0.15, 0.2) is 48.5 Å². The maximum atomic E-state index is 14.6. The first-order valence-corrected chi connectivity index (χ1v) is 10.5. The fourth-order valence-electron chi connectivity index (χ4n) is 3.63. The summed E-state index contributed by atoms with van der Waals surface area (Å²) in [6, 6.07) is 14.9. The minimum Gasteiger partial charge on any atom is -0.385 e. The molecule has 0 bridgehead atoms. The summed E-state index contributed by atoms with van der Waals surface area (Å²) in [4.78, 5) is 12.8. The summed E-state index contributed by atoms with van der Waals surface area (Å²) in [7, 11) is 0. The van der Waals surface area contributed by atoms with Gasteiger partial charge in [-0.05, 0) is 72.4 Å². The Balaban J connectivity index is 1.81. The quantitative estimate of drug-likeness (QED) is 0.507. The van der Waals surface area contributed by atoms with Gasteiger partial charge in [-0.15, -0.1) is 0 Å². The summed E-state index contributed by atoms with van der Waals surface area (Å²) in [6.45, 7) is 13.0. The monoisotopic (exact) mass is 406 g/mol. The van der Waals surface area contributed by atoms with E-state index in [4.69, 9.17) is 0 Å². The molecule has 0 heterocycles. The topological polar surface area (TPSA) is 41.1 Å². The van der Waals surface area contributed by atoms with E-state index in [-0.39, 0.29) is 17.1 Å². The Morgan fingerprint density at radius 1 is 1.03 bits per heavy atom. The molecule has 1 atom stereocenters. The lowest BCUT2D eigenvalue weighted by molar-refractivity contribution is 0.0939. The number of nitrogens with one attached hydrogen (secondary N) is 2. The van der Waals surface area contributed by atoms with E-state index in [1.807, 2.05) is 32.0 Å². The van der Waals surface area contributed by atoms with Crippen LogP contribution in [0.3, 0.4) is 0 Å². The predicted molar refractivity (Wildman–Crippen MR) is 124 cm³/mol. The van der Waals surface area contributed by atoms with Crippen molar-refractivity contribution in [3.8, 4) is 0 Å². The van der Waals surface area contributed by atoms with Gasteiger partial charge in [0.1, 0.15) is 5.82 Å². The van der Waals surface area contributed by atoms with Crippen LogP contribution in [0.1, 0.15) is 67.7 Å². The Morgan fingerprint density at radius 3 is 2.37 bits per heavy atom. The van der Waals surface area contributed by atoms with Crippen molar-refractivity contribution in [1.29, 1.82) is 0 Å². The van der Waals surface area contributed by atoms with Crippen LogP contribution < -0.4 is 10.6 Å². The molecule has 0 aliphatic rings. The zero-order chi connectivity index (χ0) is 22.1. The molecule has 3 aromatic carbocycles. The van der Waals surface area contributed by atoms with Gasteiger partial charge < -0.3 is 10.6 Å². The average molecular weight is 407 g/mol. The Labute approximate surface area is 178 Å². The van der Waals surface area contributed by atoms with Gasteiger partial charge in [0.25, 0.3) is 5.91 Å². The lowest BCUT2D eigenvalue weighted by Gasteiger charge is -2.20. The van der Waals surface area contributed by atoms with E-state index < -0.39 is 6.04 Å². The summed E-state index contributed by atoms with van der Waals surface area (Å²) in [5, 5.41) is 8.20. The molecule has 158 valence electrons. The third kappa shape index (κ3) is 4.64. The third-order valence-electron chi connectivity index (χ3n) is 5.49. The first-order valence-electron chi connectivity index (χ1n) is 10.5. The highest BCUT2D eigenvalue weighted by atomic mass is 19.1. The van der Waals surface area contributed by atoms with Crippen LogP contribution in [0.4, 0.5) is 10.1 Å². The number of benzene rings is 3. The fourth-order valence-corrected chi connectivity index (χ4v) is 3.63. The predicted octanol–water partition coefficient (Wildman–Crippen LogP) is 6.51. The Hall–Kier alpha value is -2.88. The Morgan fingerprint density at radius 2 is 1.70 bits per heavy atom. The molecule has 4 heteroatoms. The van der Waals surface area contributed by atoms with Gasteiger partial charge in [0.2, 0.25) is 0 Å². The molecule has 0 unspecified atom stereocenters. The maximum Gasteiger partial charge on any atom is 0.251 e. The van der Waals surface area contributed by atoms with Gasteiger partial charge in [-0.3, -0.25) is 4.79 Å². The van der Waals surface area contributed by atoms with Crippen LogP contribution in [-0.4, -0.2) is 12.5 Å². The molecular weight excluding hydrogens is 375 g/mol. The molecular formula is C26H31FN2O. The van der Waals surface area contributed by atoms with E-state index in [1.165, 1.54) is 11.6 Å². The largest absolute Gasteiger partial charge is 0.385 e. The summed E-state index contributed by atoms with van der Waals surface area (Å²) in [6.07, 6.45) is 0. The summed E-state index contributed by atoms with van der Waals surface area (Å²) in [5.41, 5.74) is 4.12. The number of halogens is 1. The molecule has 0 aliphatic carbocycles. The lowest BCUT2D eigenvalue weighted by atomic mass is 9.86. The van der Waals surface area contributed by atoms with E-state index >= 15 is 0 Å². The van der Waals surface area contributed by atoms with Crippen LogP contribution in [0.25, 0.3) is 10.8 Å². The number of hydrogen-bond acceptors (Lipinski definition) is 2. The second-order valence-electron chi connectivity index (χ2n) is 8.94. The number of carbonyl (C=O) groups is 1. The molecule has 1 amide bonds. The van der Waals surface area contributed by atoms with E-state index in [2.05, 4.69) is 49.6 Å². The van der Waals surface area contributed by atoms with E-state index in [9.17, 15) is 9.18 Å². The SMILES string of the molecule is CCNc1cc(F)c([C@@H](C)NC(=O)c2ccc3cc(C(C)(C)C)ccc3c2)cc1C. The molecule has 0 aliphatic heterocycles. The van der Waals surface area contributed by atoms with Crippen LogP contribution in [0.2, 0.25) is 0 Å². The number of aryl methyl sites for hydroxylation is 1. The number of carbonyl (C=O) groups excluding carboxylic acids is 1. The summed E-state index contributed by atoms with van der Waals surface area (Å²) < 4.78 is 14.6. The number of hydrogen-bond donors (Lipinski definition) is 2. The minimum absolute atomic E-state index is 0.0735. The molecule has 0 saturated carbocycles. The first kappa shape index (κ1) is 21.8. The van der Waals surface area contributed by atoms with Gasteiger partial charge in [-0.2, -0.15) is 0 Å². The van der Waals surface area contributed by atoms with Gasteiger partial charge in [-0.25, -0.2) is 4.39 Å². The maximum absolute atomic E-state index is 14.6. The number of rotatable bonds is 5. The number of anilines is 1. The smallest absolute Gasteiger partial charge is 0.251 e. The van der Waals surface area contributed by atoms with E-state index in [0.717, 1.165) is 28.6 Å². The van der Waals surface area contributed by atoms with Crippen molar-refractivity contribution in [2.75, 3.05) is 11.9 Å². The van der Waals surface area contributed by atoms with Gasteiger partial charge in [-0.1, -0.05) is 45.0 Å². The zero-order valence-electron chi connectivity index (χ0n) is 18.7. The number of amides is 1. The van der Waals surface area contributed by atoms with Crippen molar-refractivity contribution < 1.29 is 9.18 Å². The van der Waals surface area contributed by atoms with Gasteiger partial charge in [0.15, 0.2) is 0 Å². The van der Waals surface area contributed by atoms with Crippen LogP contribution in [0.5, 0.6) is 0 Å². The number of fused-ring (bicyclic) bond motifs is 1. The Kier molecular flexibility index (Phi) is 6.16. The summed E-state index contributed by atoms with van der Waals surface area (Å²) in [5.74, 6) is -0.533. The zero-order valence-corrected chi connectivity index (χ0v) is 18.7. The van der Waals surface area contributed by atoms with Gasteiger partial charge in [0.05, 0.1) is 6.04 Å². The molecule has 0 spiro atoms. The van der Waals surface area contributed by atoms with Crippen molar-refractivity contribution in [1.82, 2.24) is 5.32 Å². The second kappa shape index (κ2) is 8.47.